The fourth-order valence-corrected chi connectivity index (χ4v) is 2.29. The zero-order valence-electron chi connectivity index (χ0n) is 13.5. The molecule has 6 heteroatoms. The number of nitrogen functional groups attached to an aromatic ring is 1. The van der Waals surface area contributed by atoms with Gasteiger partial charge in [-0.25, -0.2) is 15.8 Å². The first kappa shape index (κ1) is 16.0. The SMILES string of the molecule is CC1(CNc2cc(NN)nc(C(C)(C)C)n2)CCOCC1. The lowest BCUT2D eigenvalue weighted by atomic mass is 9.82. The number of nitrogens with two attached hydrogens (primary N) is 1. The van der Waals surface area contributed by atoms with Crippen LogP contribution in [-0.2, 0) is 10.2 Å². The van der Waals surface area contributed by atoms with E-state index in [0.29, 0.717) is 5.82 Å². The van der Waals surface area contributed by atoms with Crippen molar-refractivity contribution in [1.29, 1.82) is 0 Å². The number of anilines is 2. The lowest BCUT2D eigenvalue weighted by molar-refractivity contribution is 0.0299. The van der Waals surface area contributed by atoms with Gasteiger partial charge in [-0.2, -0.15) is 0 Å². The predicted molar refractivity (Wildman–Crippen MR) is 85.2 cm³/mol. The van der Waals surface area contributed by atoms with Crippen LogP contribution in [-0.4, -0.2) is 29.7 Å². The zero-order chi connectivity index (χ0) is 15.5. The summed E-state index contributed by atoms with van der Waals surface area (Å²) in [6.45, 7) is 11.1. The molecule has 4 N–H and O–H groups in total. The summed E-state index contributed by atoms with van der Waals surface area (Å²) in [5.74, 6) is 7.74. The predicted octanol–water partition coefficient (Wildman–Crippen LogP) is 2.29. The highest BCUT2D eigenvalue weighted by Crippen LogP contribution is 2.30. The van der Waals surface area contributed by atoms with Gasteiger partial charge >= 0.3 is 0 Å². The van der Waals surface area contributed by atoms with Crippen LogP contribution in [0.2, 0.25) is 0 Å². The van der Waals surface area contributed by atoms with Gasteiger partial charge in [0, 0.05) is 31.2 Å². The molecule has 0 atom stereocenters. The molecule has 0 aromatic carbocycles. The molecule has 6 nitrogen and oxygen atoms in total. The lowest BCUT2D eigenvalue weighted by Gasteiger charge is -2.33. The van der Waals surface area contributed by atoms with Crippen LogP contribution in [0.15, 0.2) is 6.07 Å². The van der Waals surface area contributed by atoms with Crippen molar-refractivity contribution in [3.8, 4) is 0 Å². The van der Waals surface area contributed by atoms with E-state index < -0.39 is 0 Å². The van der Waals surface area contributed by atoms with Crippen LogP contribution < -0.4 is 16.6 Å². The van der Waals surface area contributed by atoms with E-state index in [4.69, 9.17) is 10.6 Å². The monoisotopic (exact) mass is 293 g/mol. The third-order valence-electron chi connectivity index (χ3n) is 3.94. The van der Waals surface area contributed by atoms with Gasteiger partial charge in [-0.3, -0.25) is 0 Å². The number of ether oxygens (including phenoxy) is 1. The first-order chi connectivity index (χ1) is 9.82. The van der Waals surface area contributed by atoms with Crippen molar-refractivity contribution in [3.63, 3.8) is 0 Å². The Labute approximate surface area is 126 Å². The van der Waals surface area contributed by atoms with E-state index in [-0.39, 0.29) is 10.8 Å². The summed E-state index contributed by atoms with van der Waals surface area (Å²) in [5, 5.41) is 3.44. The highest BCUT2D eigenvalue weighted by Gasteiger charge is 2.27. The Morgan fingerprint density at radius 1 is 1.24 bits per heavy atom. The van der Waals surface area contributed by atoms with Gasteiger partial charge in [-0.15, -0.1) is 0 Å². The van der Waals surface area contributed by atoms with Gasteiger partial charge in [0.25, 0.3) is 0 Å². The van der Waals surface area contributed by atoms with E-state index in [1.54, 1.807) is 0 Å². The molecular weight excluding hydrogens is 266 g/mol. The molecule has 1 aromatic rings. The van der Waals surface area contributed by atoms with E-state index in [1.807, 2.05) is 6.07 Å². The number of aromatic nitrogens is 2. The minimum absolute atomic E-state index is 0.119. The Balaban J connectivity index is 2.12. The molecule has 0 spiro atoms. The number of nitrogens with zero attached hydrogens (tertiary/aromatic N) is 2. The normalized spacial score (nSPS) is 18.3. The molecule has 0 bridgehead atoms. The third-order valence-corrected chi connectivity index (χ3v) is 3.94. The number of hydrogen-bond acceptors (Lipinski definition) is 6. The van der Waals surface area contributed by atoms with E-state index in [0.717, 1.165) is 44.2 Å². The quantitative estimate of drug-likeness (QED) is 0.583. The smallest absolute Gasteiger partial charge is 0.145 e. The van der Waals surface area contributed by atoms with Crippen LogP contribution in [0.1, 0.15) is 46.4 Å². The summed E-state index contributed by atoms with van der Waals surface area (Å²) in [4.78, 5) is 9.05. The standard InChI is InChI=1S/C15H27N5O/c1-14(2,3)13-18-11(9-12(19-13)20-16)17-10-15(4)5-7-21-8-6-15/h9H,5-8,10,16H2,1-4H3,(H2,17,18,19,20). The molecular formula is C15H27N5O. The molecule has 0 saturated carbocycles. The highest BCUT2D eigenvalue weighted by atomic mass is 16.5. The average Bonchev–Trinajstić information content (AvgIpc) is 2.45. The number of rotatable bonds is 4. The van der Waals surface area contributed by atoms with Gasteiger partial charge in [-0.05, 0) is 18.3 Å². The number of nitrogens with one attached hydrogen (secondary N) is 2. The summed E-state index contributed by atoms with van der Waals surface area (Å²) in [6, 6.07) is 1.85. The summed E-state index contributed by atoms with van der Waals surface area (Å²) in [6.07, 6.45) is 2.14. The Bertz CT molecular complexity index is 477. The molecule has 0 radical (unpaired) electrons. The second-order valence-corrected chi connectivity index (χ2v) is 7.13. The lowest BCUT2D eigenvalue weighted by Crippen LogP contribution is -2.33. The zero-order valence-corrected chi connectivity index (χ0v) is 13.5. The van der Waals surface area contributed by atoms with Crippen LogP contribution in [0.25, 0.3) is 0 Å². The molecule has 1 fully saturated rings. The maximum Gasteiger partial charge on any atom is 0.145 e. The number of hydrogen-bond donors (Lipinski definition) is 3. The maximum atomic E-state index is 5.51. The Kier molecular flexibility index (Phi) is 4.68. The molecule has 0 aliphatic carbocycles. The van der Waals surface area contributed by atoms with Gasteiger partial charge in [0.1, 0.15) is 17.5 Å². The fourth-order valence-electron chi connectivity index (χ4n) is 2.29. The van der Waals surface area contributed by atoms with Crippen LogP contribution >= 0.6 is 0 Å². The van der Waals surface area contributed by atoms with Gasteiger partial charge in [0.2, 0.25) is 0 Å². The molecule has 21 heavy (non-hydrogen) atoms. The van der Waals surface area contributed by atoms with Crippen LogP contribution in [0, 0.1) is 5.41 Å². The topological polar surface area (TPSA) is 85.1 Å². The Hall–Kier alpha value is -1.40. The number of hydrazine groups is 1. The van der Waals surface area contributed by atoms with Gasteiger partial charge < -0.3 is 15.5 Å². The van der Waals surface area contributed by atoms with E-state index in [9.17, 15) is 0 Å². The van der Waals surface area contributed by atoms with Crippen molar-refractivity contribution >= 4 is 11.6 Å². The molecule has 1 aromatic heterocycles. The molecule has 0 amide bonds. The van der Waals surface area contributed by atoms with Gasteiger partial charge in [0.15, 0.2) is 0 Å². The molecule has 1 aliphatic rings. The van der Waals surface area contributed by atoms with Crippen molar-refractivity contribution in [2.75, 3.05) is 30.5 Å². The molecule has 2 heterocycles. The summed E-state index contributed by atoms with van der Waals surface area (Å²) >= 11 is 0. The molecule has 1 saturated heterocycles. The Morgan fingerprint density at radius 2 is 1.86 bits per heavy atom. The van der Waals surface area contributed by atoms with Crippen molar-refractivity contribution in [2.24, 2.45) is 11.3 Å². The van der Waals surface area contributed by atoms with Crippen molar-refractivity contribution in [2.45, 2.75) is 46.0 Å². The Morgan fingerprint density at radius 3 is 2.43 bits per heavy atom. The maximum absolute atomic E-state index is 5.51. The molecule has 2 rings (SSSR count). The summed E-state index contributed by atoms with van der Waals surface area (Å²) < 4.78 is 5.44. The second-order valence-electron chi connectivity index (χ2n) is 7.13. The van der Waals surface area contributed by atoms with Crippen LogP contribution in [0.5, 0.6) is 0 Å². The highest BCUT2D eigenvalue weighted by molar-refractivity contribution is 5.47. The van der Waals surface area contributed by atoms with E-state index in [2.05, 4.69) is 48.4 Å². The largest absolute Gasteiger partial charge is 0.381 e. The first-order valence-corrected chi connectivity index (χ1v) is 7.50. The van der Waals surface area contributed by atoms with Gasteiger partial charge in [-0.1, -0.05) is 27.7 Å². The third kappa shape index (κ3) is 4.28. The van der Waals surface area contributed by atoms with Crippen LogP contribution in [0.4, 0.5) is 11.6 Å². The summed E-state index contributed by atoms with van der Waals surface area (Å²) in [7, 11) is 0. The minimum atomic E-state index is -0.119. The van der Waals surface area contributed by atoms with E-state index >= 15 is 0 Å². The van der Waals surface area contributed by atoms with E-state index in [1.165, 1.54) is 0 Å². The molecule has 1 aliphatic heterocycles. The molecule has 0 unspecified atom stereocenters. The van der Waals surface area contributed by atoms with Gasteiger partial charge in [0.05, 0.1) is 0 Å². The minimum Gasteiger partial charge on any atom is -0.381 e. The first-order valence-electron chi connectivity index (χ1n) is 7.50. The average molecular weight is 293 g/mol. The summed E-state index contributed by atoms with van der Waals surface area (Å²) in [5.41, 5.74) is 2.75. The molecule has 118 valence electrons. The second kappa shape index (κ2) is 6.15. The van der Waals surface area contributed by atoms with Crippen molar-refractivity contribution < 1.29 is 4.74 Å². The van der Waals surface area contributed by atoms with Crippen molar-refractivity contribution in [3.05, 3.63) is 11.9 Å². The van der Waals surface area contributed by atoms with Crippen LogP contribution in [0.3, 0.4) is 0 Å². The van der Waals surface area contributed by atoms with Crippen molar-refractivity contribution in [1.82, 2.24) is 9.97 Å². The fraction of sp³-hybridized carbons (Fsp3) is 0.733.